The molecule has 0 saturated carbocycles. The van der Waals surface area contributed by atoms with Gasteiger partial charge < -0.3 is 33.9 Å². The molecule has 1 amide bonds. The number of benzene rings is 2. The minimum Gasteiger partial charge on any atom is -0.575 e. The molecule has 2 aromatic heterocycles. The van der Waals surface area contributed by atoms with Crippen molar-refractivity contribution in [3.8, 4) is 0 Å². The number of unbranched alkanes of at least 4 members (excludes halogenated alkanes) is 4. The van der Waals surface area contributed by atoms with E-state index in [4.69, 9.17) is 16.9 Å². The molecule has 0 fully saturated rings. The number of carboxylic acids is 1. The van der Waals surface area contributed by atoms with Gasteiger partial charge in [0, 0.05) is 55.6 Å². The van der Waals surface area contributed by atoms with E-state index in [9.17, 15) is 19.2 Å². The monoisotopic (exact) mass is 707 g/mol. The van der Waals surface area contributed by atoms with E-state index in [0.29, 0.717) is 31.5 Å². The first-order chi connectivity index (χ1) is 24.3. The number of amides is 1. The lowest BCUT2D eigenvalue weighted by atomic mass is 10.0. The first-order valence-corrected chi connectivity index (χ1v) is 17.8. The fourth-order valence-corrected chi connectivity index (χ4v) is 6.67. The van der Waals surface area contributed by atoms with Gasteiger partial charge in [0.25, 0.3) is 5.91 Å². The Bertz CT molecular complexity index is 1760. The summed E-state index contributed by atoms with van der Waals surface area (Å²) >= 11 is 5.10. The Morgan fingerprint density at radius 1 is 0.760 bits per heavy atom. The number of methoxy groups -OCH3 is 2. The van der Waals surface area contributed by atoms with Gasteiger partial charge in [-0.05, 0) is 56.1 Å². The largest absolute Gasteiger partial charge is 0.575 e. The van der Waals surface area contributed by atoms with Crippen molar-refractivity contribution in [3.05, 3.63) is 75.9 Å². The van der Waals surface area contributed by atoms with Crippen LogP contribution >= 0.6 is 11.8 Å². The van der Waals surface area contributed by atoms with Gasteiger partial charge in [-0.2, -0.15) is 0 Å². The second-order valence-electron chi connectivity index (χ2n) is 12.5. The number of nitrogens with zero attached hydrogens (tertiary/aromatic N) is 3. The Hall–Kier alpha value is -4.35. The zero-order valence-corrected chi connectivity index (χ0v) is 29.8. The molecule has 2 aromatic carbocycles. The van der Waals surface area contributed by atoms with Gasteiger partial charge in [-0.25, -0.2) is 4.79 Å². The Kier molecular flexibility index (Phi) is 15.2. The first kappa shape index (κ1) is 38.5. The quantitative estimate of drug-likeness (QED) is 0.102. The van der Waals surface area contributed by atoms with Crippen molar-refractivity contribution in [2.75, 3.05) is 27.3 Å². The predicted molar refractivity (Wildman–Crippen MR) is 195 cm³/mol. The van der Waals surface area contributed by atoms with Crippen molar-refractivity contribution < 1.29 is 33.8 Å². The average molecular weight is 708 g/mol. The second-order valence-corrected chi connectivity index (χ2v) is 12.7. The number of aryl methyl sites for hydroxylation is 4. The van der Waals surface area contributed by atoms with E-state index in [1.165, 1.54) is 30.9 Å². The van der Waals surface area contributed by atoms with Crippen LogP contribution in [-0.4, -0.2) is 65.4 Å². The number of nitrogens with one attached hydrogen (secondary N) is 1. The molecular weight excluding hydrogens is 660 g/mol. The maximum Gasteiger partial charge on any atom is 0.337 e. The summed E-state index contributed by atoms with van der Waals surface area (Å²) in [7, 11) is 2.80. The summed E-state index contributed by atoms with van der Waals surface area (Å²) in [5.41, 5.74) is 6.12. The van der Waals surface area contributed by atoms with E-state index in [2.05, 4.69) is 40.9 Å². The summed E-state index contributed by atoms with van der Waals surface area (Å²) in [6, 6.07) is 12.2. The molecule has 11 nitrogen and oxygen atoms in total. The summed E-state index contributed by atoms with van der Waals surface area (Å²) in [6.07, 6.45) is 14.4. The van der Waals surface area contributed by atoms with Crippen LogP contribution in [0.5, 0.6) is 0 Å². The molecule has 0 unspecified atom stereocenters. The van der Waals surface area contributed by atoms with E-state index >= 15 is 0 Å². The van der Waals surface area contributed by atoms with Gasteiger partial charge in [0.1, 0.15) is 0 Å². The van der Waals surface area contributed by atoms with Crippen LogP contribution in [0.4, 0.5) is 0 Å². The molecule has 6 rings (SSSR count). The van der Waals surface area contributed by atoms with Crippen molar-refractivity contribution in [2.24, 2.45) is 0 Å². The SMILES string of the molecule is COC(=O)CCCCCNC(=O)c1cn2c3c(cccc13)CCC2.COC(=O)CCCCC[N-]Cl.O=C(O)c1cn2c3c(cccc13)CCC2. The van der Waals surface area contributed by atoms with Crippen LogP contribution in [0.3, 0.4) is 0 Å². The van der Waals surface area contributed by atoms with E-state index in [-0.39, 0.29) is 17.8 Å². The highest BCUT2D eigenvalue weighted by atomic mass is 35.5. The highest BCUT2D eigenvalue weighted by Gasteiger charge is 2.20. The number of rotatable bonds is 14. The normalized spacial score (nSPS) is 12.7. The lowest BCUT2D eigenvalue weighted by Crippen LogP contribution is -2.24. The molecule has 2 aliphatic heterocycles. The molecule has 0 aliphatic carbocycles. The van der Waals surface area contributed by atoms with Gasteiger partial charge in [0.05, 0.1) is 36.4 Å². The number of carboxylic acid groups (broad SMARTS) is 1. The standard InChI is InChI=1S/C19H24N2O3.C12H11NO2.C7H13ClNO2/c1-24-17(22)10-3-2-4-11-20-19(23)16-13-21-12-6-8-14-7-5-9-15(16)18(14)21;14-12(15)10-7-13-6-2-4-8-3-1-5-9(10)11(8)13;1-11-7(10)5-3-2-4-6-9-8/h5,7,9,13H,2-4,6,8,10-12H2,1H3,(H,20,23);1,3,5,7H,2,4,6H2,(H,14,15);2-6H2,1H3/q;;-1. The number of hydrogen-bond acceptors (Lipinski definition) is 6. The minimum atomic E-state index is -0.835. The summed E-state index contributed by atoms with van der Waals surface area (Å²) in [5.74, 6) is -1.16. The first-order valence-electron chi connectivity index (χ1n) is 17.4. The number of carbonyl (C=O) groups is 4. The summed E-state index contributed by atoms with van der Waals surface area (Å²) in [4.78, 5) is 48.6. The smallest absolute Gasteiger partial charge is 0.337 e. The van der Waals surface area contributed by atoms with Crippen LogP contribution < -0.4 is 5.32 Å². The lowest BCUT2D eigenvalue weighted by Gasteiger charge is -2.14. The van der Waals surface area contributed by atoms with Gasteiger partial charge in [0.15, 0.2) is 0 Å². The Balaban J connectivity index is 0.000000185. The highest BCUT2D eigenvalue weighted by molar-refractivity contribution is 6.24. The third kappa shape index (κ3) is 10.3. The third-order valence-corrected chi connectivity index (χ3v) is 9.22. The number of halogens is 1. The molecule has 0 radical (unpaired) electrons. The Morgan fingerprint density at radius 3 is 1.80 bits per heavy atom. The summed E-state index contributed by atoms with van der Waals surface area (Å²) in [6.45, 7) is 3.21. The fraction of sp³-hybridized carbons (Fsp3) is 0.474. The van der Waals surface area contributed by atoms with Crippen LogP contribution in [0.25, 0.3) is 26.6 Å². The van der Waals surface area contributed by atoms with E-state index in [0.717, 1.165) is 99.2 Å². The second kappa shape index (κ2) is 19.7. The van der Waals surface area contributed by atoms with Crippen LogP contribution in [0.2, 0.25) is 0 Å². The summed E-state index contributed by atoms with van der Waals surface area (Å²) in [5, 5.41) is 14.0. The number of carbonyl (C=O) groups excluding carboxylic acids is 3. The maximum atomic E-state index is 12.5. The van der Waals surface area contributed by atoms with E-state index < -0.39 is 5.97 Å². The minimum absolute atomic E-state index is 0.00855. The third-order valence-electron chi connectivity index (χ3n) is 9.05. The van der Waals surface area contributed by atoms with Crippen molar-refractivity contribution in [1.82, 2.24) is 14.5 Å². The zero-order chi connectivity index (χ0) is 35.9. The van der Waals surface area contributed by atoms with E-state index in [1.807, 2.05) is 30.5 Å². The van der Waals surface area contributed by atoms with Gasteiger partial charge in [-0.1, -0.05) is 55.7 Å². The molecule has 2 N–H and O–H groups in total. The van der Waals surface area contributed by atoms with Crippen molar-refractivity contribution in [1.29, 1.82) is 0 Å². The molecular formula is C38H48ClN4O7-. The molecule has 0 spiro atoms. The molecule has 270 valence electrons. The Morgan fingerprint density at radius 2 is 1.28 bits per heavy atom. The maximum absolute atomic E-state index is 12.5. The zero-order valence-electron chi connectivity index (χ0n) is 29.0. The molecule has 0 bridgehead atoms. The molecule has 50 heavy (non-hydrogen) atoms. The van der Waals surface area contributed by atoms with Crippen LogP contribution in [0, 0.1) is 0 Å². The van der Waals surface area contributed by atoms with Crippen LogP contribution in [-0.2, 0) is 45.0 Å². The Labute approximate surface area is 298 Å². The molecule has 2 aliphatic rings. The van der Waals surface area contributed by atoms with Crippen molar-refractivity contribution >= 4 is 57.4 Å². The fourth-order valence-electron chi connectivity index (χ4n) is 6.55. The number of para-hydroxylation sites is 2. The van der Waals surface area contributed by atoms with Gasteiger partial charge in [-0.3, -0.25) is 26.2 Å². The number of ether oxygens (including phenoxy) is 2. The molecule has 4 aromatic rings. The number of hydrogen-bond donors (Lipinski definition) is 2. The number of aromatic carboxylic acids is 1. The number of esters is 2. The van der Waals surface area contributed by atoms with Gasteiger partial charge in [0.2, 0.25) is 0 Å². The predicted octanol–water partition coefficient (Wildman–Crippen LogP) is 7.58. The highest BCUT2D eigenvalue weighted by Crippen LogP contribution is 2.30. The van der Waals surface area contributed by atoms with Crippen molar-refractivity contribution in [3.63, 3.8) is 0 Å². The van der Waals surface area contributed by atoms with Crippen LogP contribution in [0.15, 0.2) is 48.8 Å². The molecule has 12 heteroatoms. The van der Waals surface area contributed by atoms with Gasteiger partial charge in [-0.15, -0.1) is 6.54 Å². The topological polar surface area (TPSA) is 143 Å². The molecule has 0 saturated heterocycles. The molecule has 0 atom stereocenters. The van der Waals surface area contributed by atoms with Crippen molar-refractivity contribution in [2.45, 2.75) is 90.1 Å². The summed E-state index contributed by atoms with van der Waals surface area (Å²) < 4.78 is 13.4. The van der Waals surface area contributed by atoms with Gasteiger partial charge >= 0.3 is 17.9 Å². The molecule has 4 heterocycles. The van der Waals surface area contributed by atoms with E-state index in [1.54, 1.807) is 6.20 Å². The average Bonchev–Trinajstić information content (AvgIpc) is 3.71. The lowest BCUT2D eigenvalue weighted by molar-refractivity contribution is -0.141. The van der Waals surface area contributed by atoms with Crippen LogP contribution in [0.1, 0.15) is 96.1 Å². The number of aromatic nitrogens is 2.